The minimum Gasteiger partial charge on any atom is -0.490 e. The van der Waals surface area contributed by atoms with Crippen molar-refractivity contribution in [2.75, 3.05) is 26.3 Å². The quantitative estimate of drug-likeness (QED) is 0.717. The van der Waals surface area contributed by atoms with Crippen molar-refractivity contribution in [1.29, 1.82) is 0 Å². The van der Waals surface area contributed by atoms with Crippen LogP contribution in [0.2, 0.25) is 0 Å². The van der Waals surface area contributed by atoms with E-state index in [9.17, 15) is 14.4 Å². The standard InChI is InChI=1S/C23H22N2O5/c1-14-18-12-20-19(29-9-4-10-30-20)11-15(18)7-8-24(14)21(26)13-25-22(27)16-5-2-3-6-17(16)23(25)28/h2-3,5-6,11-12,14H,4,7-10,13H2,1H3/t14-/m0/s1. The monoisotopic (exact) mass is 406 g/mol. The van der Waals surface area contributed by atoms with Crippen molar-refractivity contribution < 1.29 is 23.9 Å². The highest BCUT2D eigenvalue weighted by Crippen LogP contribution is 2.39. The predicted molar refractivity (Wildman–Crippen MR) is 108 cm³/mol. The predicted octanol–water partition coefficient (Wildman–Crippen LogP) is 2.59. The number of rotatable bonds is 2. The highest BCUT2D eigenvalue weighted by atomic mass is 16.5. The van der Waals surface area contributed by atoms with Crippen molar-refractivity contribution >= 4 is 17.7 Å². The summed E-state index contributed by atoms with van der Waals surface area (Å²) in [5.74, 6) is 0.390. The zero-order chi connectivity index (χ0) is 20.8. The number of carbonyl (C=O) groups excluding carboxylic acids is 3. The molecule has 30 heavy (non-hydrogen) atoms. The summed E-state index contributed by atoms with van der Waals surface area (Å²) in [6, 6.07) is 10.5. The van der Waals surface area contributed by atoms with Gasteiger partial charge in [-0.05, 0) is 48.7 Å². The smallest absolute Gasteiger partial charge is 0.262 e. The lowest BCUT2D eigenvalue weighted by molar-refractivity contribution is -0.134. The van der Waals surface area contributed by atoms with Crippen LogP contribution in [0.25, 0.3) is 0 Å². The van der Waals surface area contributed by atoms with Gasteiger partial charge in [0.25, 0.3) is 11.8 Å². The van der Waals surface area contributed by atoms with Crippen LogP contribution in [0.5, 0.6) is 11.5 Å². The number of benzene rings is 2. The Morgan fingerprint density at radius 2 is 1.67 bits per heavy atom. The van der Waals surface area contributed by atoms with Crippen molar-refractivity contribution in [1.82, 2.24) is 9.80 Å². The van der Waals surface area contributed by atoms with Crippen LogP contribution in [0.3, 0.4) is 0 Å². The first-order valence-corrected chi connectivity index (χ1v) is 10.2. The Bertz CT molecular complexity index is 1030. The first-order chi connectivity index (χ1) is 14.5. The van der Waals surface area contributed by atoms with E-state index in [1.54, 1.807) is 29.2 Å². The molecule has 0 aliphatic carbocycles. The van der Waals surface area contributed by atoms with Gasteiger partial charge in [-0.3, -0.25) is 19.3 Å². The molecule has 3 amide bonds. The van der Waals surface area contributed by atoms with Crippen molar-refractivity contribution in [2.24, 2.45) is 0 Å². The maximum Gasteiger partial charge on any atom is 0.262 e. The number of carbonyl (C=O) groups is 3. The van der Waals surface area contributed by atoms with Crippen LogP contribution in [-0.2, 0) is 11.2 Å². The molecule has 0 aromatic heterocycles. The zero-order valence-electron chi connectivity index (χ0n) is 16.7. The van der Waals surface area contributed by atoms with Gasteiger partial charge in [0.05, 0.1) is 30.4 Å². The molecule has 0 saturated carbocycles. The topological polar surface area (TPSA) is 76.2 Å². The second-order valence-corrected chi connectivity index (χ2v) is 7.80. The Morgan fingerprint density at radius 3 is 2.33 bits per heavy atom. The minimum absolute atomic E-state index is 0.186. The third-order valence-electron chi connectivity index (χ3n) is 6.04. The molecule has 0 unspecified atom stereocenters. The van der Waals surface area contributed by atoms with Gasteiger partial charge >= 0.3 is 0 Å². The molecule has 7 nitrogen and oxygen atoms in total. The van der Waals surface area contributed by atoms with Crippen LogP contribution in [0, 0.1) is 0 Å². The molecule has 0 bridgehead atoms. The largest absolute Gasteiger partial charge is 0.490 e. The van der Waals surface area contributed by atoms with E-state index < -0.39 is 11.8 Å². The molecule has 1 atom stereocenters. The summed E-state index contributed by atoms with van der Waals surface area (Å²) >= 11 is 0. The molecule has 2 aromatic rings. The Kier molecular flexibility index (Phi) is 4.46. The van der Waals surface area contributed by atoms with Gasteiger partial charge < -0.3 is 14.4 Å². The van der Waals surface area contributed by atoms with E-state index in [1.807, 2.05) is 19.1 Å². The first kappa shape index (κ1) is 18.7. The van der Waals surface area contributed by atoms with Gasteiger partial charge in [-0.1, -0.05) is 12.1 Å². The molecule has 154 valence electrons. The van der Waals surface area contributed by atoms with Crippen molar-refractivity contribution in [3.05, 3.63) is 58.7 Å². The molecule has 0 N–H and O–H groups in total. The Morgan fingerprint density at radius 1 is 1.03 bits per heavy atom. The van der Waals surface area contributed by atoms with Crippen LogP contribution < -0.4 is 9.47 Å². The van der Waals surface area contributed by atoms with Crippen LogP contribution >= 0.6 is 0 Å². The number of hydrogen-bond acceptors (Lipinski definition) is 5. The summed E-state index contributed by atoms with van der Waals surface area (Å²) in [4.78, 5) is 41.1. The average molecular weight is 406 g/mol. The van der Waals surface area contributed by atoms with E-state index in [0.717, 1.165) is 28.2 Å². The second kappa shape index (κ2) is 7.16. The van der Waals surface area contributed by atoms with Gasteiger partial charge in [-0.25, -0.2) is 0 Å². The lowest BCUT2D eigenvalue weighted by Gasteiger charge is -2.36. The lowest BCUT2D eigenvalue weighted by Crippen LogP contribution is -2.46. The van der Waals surface area contributed by atoms with E-state index >= 15 is 0 Å². The van der Waals surface area contributed by atoms with Crippen LogP contribution in [0.4, 0.5) is 0 Å². The fraction of sp³-hybridized carbons (Fsp3) is 0.348. The number of fused-ring (bicyclic) bond motifs is 3. The normalized spacial score (nSPS) is 20.0. The number of hydrogen-bond donors (Lipinski definition) is 0. The minimum atomic E-state index is -0.412. The van der Waals surface area contributed by atoms with Gasteiger partial charge in [0.1, 0.15) is 6.54 Å². The molecule has 0 fully saturated rings. The van der Waals surface area contributed by atoms with Gasteiger partial charge in [-0.2, -0.15) is 0 Å². The van der Waals surface area contributed by atoms with Crippen molar-refractivity contribution in [2.45, 2.75) is 25.8 Å². The first-order valence-electron chi connectivity index (χ1n) is 10.2. The second-order valence-electron chi connectivity index (χ2n) is 7.80. The fourth-order valence-electron chi connectivity index (χ4n) is 4.42. The maximum absolute atomic E-state index is 13.1. The molecule has 3 aliphatic heterocycles. The Balaban J connectivity index is 1.36. The summed E-state index contributed by atoms with van der Waals surface area (Å²) in [5.41, 5.74) is 2.86. The highest BCUT2D eigenvalue weighted by Gasteiger charge is 2.38. The number of ether oxygens (including phenoxy) is 2. The highest BCUT2D eigenvalue weighted by molar-refractivity contribution is 6.22. The van der Waals surface area contributed by atoms with Gasteiger partial charge in [0.2, 0.25) is 5.91 Å². The van der Waals surface area contributed by atoms with Gasteiger partial charge in [0.15, 0.2) is 11.5 Å². The van der Waals surface area contributed by atoms with Gasteiger partial charge in [0, 0.05) is 13.0 Å². The van der Waals surface area contributed by atoms with Crippen LogP contribution in [0.15, 0.2) is 36.4 Å². The van der Waals surface area contributed by atoms with Crippen LogP contribution in [-0.4, -0.2) is 53.8 Å². The van der Waals surface area contributed by atoms with Crippen molar-refractivity contribution in [3.8, 4) is 11.5 Å². The van der Waals surface area contributed by atoms with E-state index in [2.05, 4.69) is 0 Å². The molecule has 3 aliphatic rings. The molecule has 0 spiro atoms. The molecular formula is C23H22N2O5. The van der Waals surface area contributed by atoms with Crippen molar-refractivity contribution in [3.63, 3.8) is 0 Å². The van der Waals surface area contributed by atoms with Crippen LogP contribution in [0.1, 0.15) is 51.2 Å². The number of imide groups is 1. The van der Waals surface area contributed by atoms with E-state index in [4.69, 9.17) is 9.47 Å². The lowest BCUT2D eigenvalue weighted by atomic mass is 9.92. The Hall–Kier alpha value is -3.35. The number of amides is 3. The number of nitrogens with zero attached hydrogens (tertiary/aromatic N) is 2. The van der Waals surface area contributed by atoms with E-state index in [1.165, 1.54) is 0 Å². The SMILES string of the molecule is C[C@H]1c2cc3c(cc2CCN1C(=O)CN1C(=O)c2ccccc2C1=O)OCCCO3. The molecule has 0 radical (unpaired) electrons. The third-order valence-corrected chi connectivity index (χ3v) is 6.04. The molecule has 5 rings (SSSR count). The fourth-order valence-corrected chi connectivity index (χ4v) is 4.42. The molecule has 7 heteroatoms. The molecule has 3 heterocycles. The van der Waals surface area contributed by atoms with E-state index in [-0.39, 0.29) is 18.5 Å². The third kappa shape index (κ3) is 2.93. The summed E-state index contributed by atoms with van der Waals surface area (Å²) in [6.45, 7) is 3.46. The average Bonchev–Trinajstić information content (AvgIpc) is 2.91. The summed E-state index contributed by atoms with van der Waals surface area (Å²) in [6.07, 6.45) is 1.52. The summed E-state index contributed by atoms with van der Waals surface area (Å²) in [7, 11) is 0. The molecule has 2 aromatic carbocycles. The van der Waals surface area contributed by atoms with E-state index in [0.29, 0.717) is 43.1 Å². The molecule has 0 saturated heterocycles. The summed E-state index contributed by atoms with van der Waals surface area (Å²) < 4.78 is 11.6. The molecular weight excluding hydrogens is 384 g/mol. The van der Waals surface area contributed by atoms with Gasteiger partial charge in [-0.15, -0.1) is 0 Å². The summed E-state index contributed by atoms with van der Waals surface area (Å²) in [5, 5.41) is 0. The zero-order valence-corrected chi connectivity index (χ0v) is 16.7. The Labute approximate surface area is 174 Å². The maximum atomic E-state index is 13.1.